The lowest BCUT2D eigenvalue weighted by Crippen LogP contribution is -2.09. The highest BCUT2D eigenvalue weighted by atomic mass is 79.9. The Kier molecular flexibility index (Phi) is 6.42. The zero-order chi connectivity index (χ0) is 15.3. The molecule has 0 N–H and O–H groups in total. The molecule has 20 heavy (non-hydrogen) atoms. The summed E-state index contributed by atoms with van der Waals surface area (Å²) in [5.74, 6) is -1.76. The van der Waals surface area contributed by atoms with E-state index < -0.39 is 25.7 Å². The van der Waals surface area contributed by atoms with Gasteiger partial charge in [-0.05, 0) is 34.5 Å². The van der Waals surface area contributed by atoms with Crippen molar-refractivity contribution < 1.29 is 22.3 Å². The summed E-state index contributed by atoms with van der Waals surface area (Å²) in [5, 5.41) is 0. The van der Waals surface area contributed by atoms with Crippen molar-refractivity contribution in [3.05, 3.63) is 28.0 Å². The molecule has 0 saturated carbocycles. The summed E-state index contributed by atoms with van der Waals surface area (Å²) in [6.07, 6.45) is 2.60. The molecule has 0 aliphatic heterocycles. The standard InChI is InChI=1S/C12H13BrClFO4S/c1-2-3-4-5-19-12(16)8-6-11(20(14,17)18)10(15)7-9(8)13/h6-7H,2-5H2,1H3. The van der Waals surface area contributed by atoms with Crippen LogP contribution in [-0.4, -0.2) is 21.0 Å². The van der Waals surface area contributed by atoms with E-state index in [1.165, 1.54) is 0 Å². The molecule has 0 bridgehead atoms. The Morgan fingerprint density at radius 3 is 2.60 bits per heavy atom. The molecule has 0 fully saturated rings. The summed E-state index contributed by atoms with van der Waals surface area (Å²) in [5.41, 5.74) is -0.0814. The van der Waals surface area contributed by atoms with Crippen LogP contribution in [0.15, 0.2) is 21.5 Å². The van der Waals surface area contributed by atoms with E-state index in [0.717, 1.165) is 25.0 Å². The fourth-order valence-electron chi connectivity index (χ4n) is 1.47. The lowest BCUT2D eigenvalue weighted by atomic mass is 10.2. The van der Waals surface area contributed by atoms with Gasteiger partial charge in [0.25, 0.3) is 9.05 Å². The second kappa shape index (κ2) is 7.38. The molecule has 1 aromatic rings. The Bertz CT molecular complexity index is 604. The number of benzene rings is 1. The molecule has 0 atom stereocenters. The molecule has 0 saturated heterocycles. The molecule has 0 aliphatic rings. The van der Waals surface area contributed by atoms with E-state index >= 15 is 0 Å². The van der Waals surface area contributed by atoms with Gasteiger partial charge in [0.15, 0.2) is 0 Å². The Labute approximate surface area is 129 Å². The summed E-state index contributed by atoms with van der Waals surface area (Å²) in [7, 11) is 0.836. The van der Waals surface area contributed by atoms with Crippen molar-refractivity contribution in [3.63, 3.8) is 0 Å². The monoisotopic (exact) mass is 386 g/mol. The molecule has 0 heterocycles. The van der Waals surface area contributed by atoms with Crippen LogP contribution in [0.25, 0.3) is 0 Å². The molecule has 1 aromatic carbocycles. The second-order valence-electron chi connectivity index (χ2n) is 4.04. The summed E-state index contributed by atoms with van der Waals surface area (Å²) < 4.78 is 41.0. The van der Waals surface area contributed by atoms with Crippen LogP contribution in [0.2, 0.25) is 0 Å². The lowest BCUT2D eigenvalue weighted by Gasteiger charge is -2.08. The molecule has 0 radical (unpaired) electrons. The van der Waals surface area contributed by atoms with Crippen molar-refractivity contribution in [2.45, 2.75) is 31.1 Å². The molecular weight excluding hydrogens is 375 g/mol. The van der Waals surface area contributed by atoms with Gasteiger partial charge in [-0.15, -0.1) is 0 Å². The predicted molar refractivity (Wildman–Crippen MR) is 76.9 cm³/mol. The van der Waals surface area contributed by atoms with E-state index in [9.17, 15) is 17.6 Å². The Morgan fingerprint density at radius 1 is 1.40 bits per heavy atom. The summed E-state index contributed by atoms with van der Waals surface area (Å²) in [6.45, 7) is 2.23. The number of carbonyl (C=O) groups is 1. The number of halogens is 3. The van der Waals surface area contributed by atoms with Crippen molar-refractivity contribution in [3.8, 4) is 0 Å². The third-order valence-corrected chi connectivity index (χ3v) is 4.48. The first-order valence-corrected chi connectivity index (χ1v) is 8.98. The molecule has 112 valence electrons. The summed E-state index contributed by atoms with van der Waals surface area (Å²) in [4.78, 5) is 11.1. The van der Waals surface area contributed by atoms with Gasteiger partial charge in [0.2, 0.25) is 0 Å². The van der Waals surface area contributed by atoms with Gasteiger partial charge < -0.3 is 4.74 Å². The average Bonchev–Trinajstić information content (AvgIpc) is 2.32. The predicted octanol–water partition coefficient (Wildman–Crippen LogP) is 3.86. The first kappa shape index (κ1) is 17.4. The third kappa shape index (κ3) is 4.71. The number of rotatable bonds is 6. The van der Waals surface area contributed by atoms with E-state index in [4.69, 9.17) is 15.4 Å². The van der Waals surface area contributed by atoms with Gasteiger partial charge in [-0.3, -0.25) is 0 Å². The highest BCUT2D eigenvalue weighted by Gasteiger charge is 2.22. The zero-order valence-electron chi connectivity index (χ0n) is 10.7. The second-order valence-corrected chi connectivity index (χ2v) is 7.43. The molecule has 0 aromatic heterocycles. The SMILES string of the molecule is CCCCCOC(=O)c1cc(S(=O)(=O)Cl)c(F)cc1Br. The number of esters is 1. The van der Waals surface area contributed by atoms with Crippen molar-refractivity contribution in [1.82, 2.24) is 0 Å². The van der Waals surface area contributed by atoms with Crippen molar-refractivity contribution in [2.75, 3.05) is 6.61 Å². The van der Waals surface area contributed by atoms with Crippen LogP contribution in [0, 0.1) is 5.82 Å². The molecule has 8 heteroatoms. The fraction of sp³-hybridized carbons (Fsp3) is 0.417. The van der Waals surface area contributed by atoms with E-state index in [1.807, 2.05) is 6.92 Å². The zero-order valence-corrected chi connectivity index (χ0v) is 13.8. The first-order chi connectivity index (χ1) is 9.27. The van der Waals surface area contributed by atoms with Crippen LogP contribution in [0.4, 0.5) is 4.39 Å². The molecule has 0 amide bonds. The van der Waals surface area contributed by atoms with Crippen LogP contribution < -0.4 is 0 Å². The minimum absolute atomic E-state index is 0.0814. The minimum atomic E-state index is -4.27. The topological polar surface area (TPSA) is 60.4 Å². The van der Waals surface area contributed by atoms with Gasteiger partial charge in [-0.1, -0.05) is 19.8 Å². The van der Waals surface area contributed by atoms with Crippen LogP contribution in [0.1, 0.15) is 36.5 Å². The normalized spacial score (nSPS) is 11.4. The lowest BCUT2D eigenvalue weighted by molar-refractivity contribution is 0.0496. The maximum Gasteiger partial charge on any atom is 0.339 e. The van der Waals surface area contributed by atoms with Crippen LogP contribution in [-0.2, 0) is 13.8 Å². The van der Waals surface area contributed by atoms with E-state index in [-0.39, 0.29) is 16.6 Å². The highest BCUT2D eigenvalue weighted by molar-refractivity contribution is 9.10. The maximum absolute atomic E-state index is 13.5. The molecular formula is C12H13BrClFO4S. The number of hydrogen-bond acceptors (Lipinski definition) is 4. The smallest absolute Gasteiger partial charge is 0.339 e. The number of unbranched alkanes of at least 4 members (excludes halogenated alkanes) is 2. The Hall–Kier alpha value is -0.660. The number of hydrogen-bond donors (Lipinski definition) is 0. The van der Waals surface area contributed by atoms with Crippen LogP contribution in [0.3, 0.4) is 0 Å². The molecule has 1 rings (SSSR count). The van der Waals surface area contributed by atoms with E-state index in [0.29, 0.717) is 6.42 Å². The maximum atomic E-state index is 13.5. The van der Waals surface area contributed by atoms with Gasteiger partial charge in [0.1, 0.15) is 10.7 Å². The molecule has 4 nitrogen and oxygen atoms in total. The number of carbonyl (C=O) groups excluding carboxylic acids is 1. The summed E-state index contributed by atoms with van der Waals surface area (Å²) in [6, 6.07) is 1.74. The molecule has 0 unspecified atom stereocenters. The van der Waals surface area contributed by atoms with Gasteiger partial charge in [-0.2, -0.15) is 0 Å². The summed E-state index contributed by atoms with van der Waals surface area (Å²) >= 11 is 2.99. The van der Waals surface area contributed by atoms with Crippen LogP contribution in [0.5, 0.6) is 0 Å². The van der Waals surface area contributed by atoms with E-state index in [1.54, 1.807) is 0 Å². The van der Waals surface area contributed by atoms with Crippen LogP contribution >= 0.6 is 26.6 Å². The first-order valence-electron chi connectivity index (χ1n) is 5.88. The Balaban J connectivity index is 2.98. The van der Waals surface area contributed by atoms with Gasteiger partial charge >= 0.3 is 5.97 Å². The number of ether oxygens (including phenoxy) is 1. The van der Waals surface area contributed by atoms with Crippen molar-refractivity contribution in [1.29, 1.82) is 0 Å². The molecule has 0 aliphatic carbocycles. The third-order valence-electron chi connectivity index (χ3n) is 2.49. The minimum Gasteiger partial charge on any atom is -0.462 e. The van der Waals surface area contributed by atoms with Gasteiger partial charge in [0, 0.05) is 15.2 Å². The fourth-order valence-corrected chi connectivity index (χ4v) is 2.85. The van der Waals surface area contributed by atoms with E-state index in [2.05, 4.69) is 15.9 Å². The van der Waals surface area contributed by atoms with Gasteiger partial charge in [-0.25, -0.2) is 17.6 Å². The quantitative estimate of drug-likeness (QED) is 0.422. The van der Waals surface area contributed by atoms with Gasteiger partial charge in [0.05, 0.1) is 12.2 Å². The molecule has 0 spiro atoms. The Morgan fingerprint density at radius 2 is 2.05 bits per heavy atom. The largest absolute Gasteiger partial charge is 0.462 e. The van der Waals surface area contributed by atoms with Crippen molar-refractivity contribution in [2.24, 2.45) is 0 Å². The van der Waals surface area contributed by atoms with Crippen molar-refractivity contribution >= 4 is 41.6 Å². The average molecular weight is 388 g/mol. The highest BCUT2D eigenvalue weighted by Crippen LogP contribution is 2.27.